The molecule has 0 aliphatic heterocycles. The summed E-state index contributed by atoms with van der Waals surface area (Å²) in [5.41, 5.74) is -0.170. The molecule has 0 bridgehead atoms. The summed E-state index contributed by atoms with van der Waals surface area (Å²) in [6.45, 7) is 1.92. The van der Waals surface area contributed by atoms with Gasteiger partial charge in [-0.15, -0.1) is 10.2 Å². The Bertz CT molecular complexity index is 1170. The molecule has 4 aromatic rings. The lowest BCUT2D eigenvalue weighted by atomic mass is 10.2. The van der Waals surface area contributed by atoms with E-state index >= 15 is 0 Å². The highest BCUT2D eigenvalue weighted by atomic mass is 19.4. The van der Waals surface area contributed by atoms with E-state index in [0.29, 0.717) is 28.8 Å². The molecule has 132 valence electrons. The van der Waals surface area contributed by atoms with Crippen LogP contribution in [-0.2, 0) is 12.6 Å². The van der Waals surface area contributed by atoms with Gasteiger partial charge < -0.3 is 0 Å². The number of fused-ring (bicyclic) bond motifs is 3. The summed E-state index contributed by atoms with van der Waals surface area (Å²) in [4.78, 5) is 13.0. The van der Waals surface area contributed by atoms with Crippen molar-refractivity contribution in [2.45, 2.75) is 19.5 Å². The maximum absolute atomic E-state index is 13.0. The Morgan fingerprint density at radius 2 is 1.69 bits per heavy atom. The fourth-order valence-electron chi connectivity index (χ4n) is 3.02. The maximum atomic E-state index is 13.0. The van der Waals surface area contributed by atoms with Gasteiger partial charge in [-0.25, -0.2) is 4.57 Å². The average Bonchev–Trinajstić information content (AvgIpc) is 3.05. The minimum atomic E-state index is -4.44. The molecule has 0 atom stereocenters. The van der Waals surface area contributed by atoms with Crippen LogP contribution in [-0.4, -0.2) is 19.2 Å². The fourth-order valence-corrected chi connectivity index (χ4v) is 3.02. The van der Waals surface area contributed by atoms with Crippen LogP contribution < -0.4 is 5.56 Å². The Kier molecular flexibility index (Phi) is 3.57. The summed E-state index contributed by atoms with van der Waals surface area (Å²) in [5, 5.41) is 8.66. The molecular formula is C18H13F3N4O. The van der Waals surface area contributed by atoms with E-state index in [9.17, 15) is 18.0 Å². The first-order valence-electron chi connectivity index (χ1n) is 7.97. The number of aromatic nitrogens is 4. The number of para-hydroxylation sites is 1. The van der Waals surface area contributed by atoms with Crippen molar-refractivity contribution in [2.24, 2.45) is 0 Å². The van der Waals surface area contributed by atoms with Crippen LogP contribution in [0.1, 0.15) is 18.3 Å². The molecule has 5 nitrogen and oxygen atoms in total. The third kappa shape index (κ3) is 2.37. The molecule has 0 saturated heterocycles. The highest BCUT2D eigenvalue weighted by Crippen LogP contribution is 2.29. The van der Waals surface area contributed by atoms with Crippen molar-refractivity contribution in [1.82, 2.24) is 19.2 Å². The number of rotatable bonds is 2. The van der Waals surface area contributed by atoms with Crippen LogP contribution in [0.25, 0.3) is 22.4 Å². The van der Waals surface area contributed by atoms with Gasteiger partial charge in [0.2, 0.25) is 5.78 Å². The molecule has 0 spiro atoms. The molecule has 0 aliphatic rings. The van der Waals surface area contributed by atoms with E-state index in [1.165, 1.54) is 16.7 Å². The van der Waals surface area contributed by atoms with E-state index in [2.05, 4.69) is 10.2 Å². The van der Waals surface area contributed by atoms with Gasteiger partial charge in [-0.3, -0.25) is 9.20 Å². The van der Waals surface area contributed by atoms with Crippen molar-refractivity contribution < 1.29 is 13.2 Å². The molecule has 26 heavy (non-hydrogen) atoms. The number of hydrogen-bond donors (Lipinski definition) is 0. The topological polar surface area (TPSA) is 52.2 Å². The van der Waals surface area contributed by atoms with Crippen LogP contribution in [0.3, 0.4) is 0 Å². The van der Waals surface area contributed by atoms with Crippen molar-refractivity contribution in [1.29, 1.82) is 0 Å². The second kappa shape index (κ2) is 5.69. The Balaban J connectivity index is 2.07. The number of aryl methyl sites for hydroxylation is 1. The summed E-state index contributed by atoms with van der Waals surface area (Å²) in [6, 6.07) is 11.4. The molecule has 0 N–H and O–H groups in total. The van der Waals surface area contributed by atoms with Crippen molar-refractivity contribution in [3.63, 3.8) is 0 Å². The van der Waals surface area contributed by atoms with Gasteiger partial charge in [0, 0.05) is 6.42 Å². The lowest BCUT2D eigenvalue weighted by Gasteiger charge is -2.12. The number of nitrogens with zero attached hydrogens (tertiary/aromatic N) is 4. The molecule has 2 aromatic carbocycles. The van der Waals surface area contributed by atoms with Crippen molar-refractivity contribution in [3.05, 3.63) is 70.3 Å². The largest absolute Gasteiger partial charge is 0.416 e. The third-order valence-corrected chi connectivity index (χ3v) is 4.26. The zero-order valence-electron chi connectivity index (χ0n) is 13.7. The van der Waals surface area contributed by atoms with Crippen molar-refractivity contribution in [2.75, 3.05) is 0 Å². The number of alkyl halides is 3. The third-order valence-electron chi connectivity index (χ3n) is 4.26. The zero-order chi connectivity index (χ0) is 18.5. The molecule has 0 amide bonds. The Morgan fingerprint density at radius 1 is 1.00 bits per heavy atom. The van der Waals surface area contributed by atoms with E-state index in [0.717, 1.165) is 12.1 Å². The predicted molar refractivity (Wildman–Crippen MR) is 90.5 cm³/mol. The molecular weight excluding hydrogens is 345 g/mol. The molecule has 0 radical (unpaired) electrons. The summed E-state index contributed by atoms with van der Waals surface area (Å²) in [6.07, 6.45) is -3.84. The number of benzene rings is 2. The lowest BCUT2D eigenvalue weighted by molar-refractivity contribution is -0.137. The van der Waals surface area contributed by atoms with E-state index in [-0.39, 0.29) is 11.3 Å². The van der Waals surface area contributed by atoms with E-state index in [4.69, 9.17) is 0 Å². The molecule has 0 fully saturated rings. The Labute approximate surface area is 145 Å². The standard InChI is InChI=1S/C18H13F3N4O/c1-2-15-22-23-17-24(12-9-7-11(8-10-12)18(19,20)21)16(26)13-5-3-4-6-14(13)25(15)17/h3-10H,2H2,1H3. The molecule has 2 heterocycles. The van der Waals surface area contributed by atoms with E-state index in [1.54, 1.807) is 22.6 Å². The number of halogens is 3. The first-order chi connectivity index (χ1) is 12.4. The molecule has 2 aromatic heterocycles. The van der Waals surface area contributed by atoms with Gasteiger partial charge in [-0.05, 0) is 36.4 Å². The molecule has 0 saturated carbocycles. The van der Waals surface area contributed by atoms with Crippen LogP contribution in [0, 0.1) is 0 Å². The van der Waals surface area contributed by atoms with Gasteiger partial charge in [-0.2, -0.15) is 13.2 Å². The van der Waals surface area contributed by atoms with Gasteiger partial charge in [0.15, 0.2) is 0 Å². The highest BCUT2D eigenvalue weighted by Gasteiger charge is 2.30. The van der Waals surface area contributed by atoms with Crippen LogP contribution in [0.4, 0.5) is 13.2 Å². The monoisotopic (exact) mass is 358 g/mol. The first kappa shape index (κ1) is 16.3. The van der Waals surface area contributed by atoms with E-state index < -0.39 is 11.7 Å². The van der Waals surface area contributed by atoms with Crippen LogP contribution >= 0.6 is 0 Å². The SMILES string of the molecule is CCc1nnc2n(-c3ccc(C(F)(F)F)cc3)c(=O)c3ccccc3n12. The molecule has 4 rings (SSSR count). The van der Waals surface area contributed by atoms with Gasteiger partial charge in [-0.1, -0.05) is 19.1 Å². The summed E-state index contributed by atoms with van der Waals surface area (Å²) < 4.78 is 41.5. The molecule has 0 unspecified atom stereocenters. The average molecular weight is 358 g/mol. The predicted octanol–water partition coefficient (Wildman–Crippen LogP) is 3.61. The minimum absolute atomic E-state index is 0.269. The van der Waals surface area contributed by atoms with Crippen molar-refractivity contribution >= 4 is 16.7 Å². The van der Waals surface area contributed by atoms with Gasteiger partial charge >= 0.3 is 6.18 Å². The van der Waals surface area contributed by atoms with Crippen LogP contribution in [0.15, 0.2) is 53.3 Å². The zero-order valence-corrected chi connectivity index (χ0v) is 13.7. The second-order valence-corrected chi connectivity index (χ2v) is 5.81. The summed E-state index contributed by atoms with van der Waals surface area (Å²) >= 11 is 0. The normalized spacial score (nSPS) is 12.2. The highest BCUT2D eigenvalue weighted by molar-refractivity contribution is 5.81. The number of hydrogen-bond acceptors (Lipinski definition) is 3. The summed E-state index contributed by atoms with van der Waals surface area (Å²) in [7, 11) is 0. The molecule has 8 heteroatoms. The smallest absolute Gasteiger partial charge is 0.268 e. The van der Waals surface area contributed by atoms with Gasteiger partial charge in [0.25, 0.3) is 5.56 Å². The summed E-state index contributed by atoms with van der Waals surface area (Å²) in [5.74, 6) is 0.933. The van der Waals surface area contributed by atoms with Crippen LogP contribution in [0.2, 0.25) is 0 Å². The molecule has 0 aliphatic carbocycles. The maximum Gasteiger partial charge on any atom is 0.416 e. The Morgan fingerprint density at radius 3 is 2.35 bits per heavy atom. The van der Waals surface area contributed by atoms with Gasteiger partial charge in [0.1, 0.15) is 5.82 Å². The Hall–Kier alpha value is -3.16. The van der Waals surface area contributed by atoms with E-state index in [1.807, 2.05) is 13.0 Å². The van der Waals surface area contributed by atoms with Crippen molar-refractivity contribution in [3.8, 4) is 5.69 Å². The van der Waals surface area contributed by atoms with Crippen LogP contribution in [0.5, 0.6) is 0 Å². The van der Waals surface area contributed by atoms with Gasteiger partial charge in [0.05, 0.1) is 22.2 Å². The minimum Gasteiger partial charge on any atom is -0.268 e. The quantitative estimate of drug-likeness (QED) is 0.550. The first-order valence-corrected chi connectivity index (χ1v) is 7.97. The second-order valence-electron chi connectivity index (χ2n) is 5.81. The fraction of sp³-hybridized carbons (Fsp3) is 0.167. The lowest BCUT2D eigenvalue weighted by Crippen LogP contribution is -2.22.